The van der Waals surface area contributed by atoms with Gasteiger partial charge in [0.15, 0.2) is 0 Å². The third-order valence-electron chi connectivity index (χ3n) is 12.2. The number of piperidine rings is 1. The van der Waals surface area contributed by atoms with E-state index in [0.717, 1.165) is 49.1 Å². The summed E-state index contributed by atoms with van der Waals surface area (Å²) in [5.41, 5.74) is 2.01. The lowest BCUT2D eigenvalue weighted by atomic mass is 9.71. The Morgan fingerprint density at radius 2 is 1.60 bits per heavy atom. The average molecular weight is 592 g/mol. The zero-order valence-corrected chi connectivity index (χ0v) is 27.3. The number of anilines is 1. The molecule has 1 saturated carbocycles. The Kier molecular flexibility index (Phi) is 6.94. The van der Waals surface area contributed by atoms with E-state index in [0.29, 0.717) is 44.0 Å². The molecule has 1 aliphatic carbocycles. The van der Waals surface area contributed by atoms with Crippen LogP contribution in [0.2, 0.25) is 0 Å². The van der Waals surface area contributed by atoms with Crippen LogP contribution >= 0.6 is 0 Å². The van der Waals surface area contributed by atoms with Crippen molar-refractivity contribution in [1.29, 1.82) is 0 Å². The van der Waals surface area contributed by atoms with E-state index in [4.69, 9.17) is 14.0 Å². The number of nitrogens with zero attached hydrogens (tertiary/aromatic N) is 3. The normalized spacial score (nSPS) is 34.2. The second-order valence-electron chi connectivity index (χ2n) is 16.2. The van der Waals surface area contributed by atoms with E-state index in [-0.39, 0.29) is 29.9 Å². The van der Waals surface area contributed by atoms with E-state index >= 15 is 0 Å². The van der Waals surface area contributed by atoms with Crippen LogP contribution in [0, 0.1) is 11.3 Å². The molecule has 7 rings (SSSR count). The molecule has 0 radical (unpaired) electrons. The third-order valence-corrected chi connectivity index (χ3v) is 12.2. The second-order valence-corrected chi connectivity index (χ2v) is 16.2. The Morgan fingerprint density at radius 1 is 0.930 bits per heavy atom. The van der Waals surface area contributed by atoms with Gasteiger partial charge in [0.1, 0.15) is 6.10 Å². The minimum Gasteiger partial charge on any atom is -0.399 e. The Hall–Kier alpha value is -1.94. The molecule has 0 N–H and O–H groups in total. The van der Waals surface area contributed by atoms with Crippen LogP contribution in [-0.4, -0.2) is 90.9 Å². The SMILES string of the molecule is C[C@@H]1CCO[C@@H]1C(=O)N1CCC2(CC1)C(=O)N(C1CC(N3CCC(C)(C)C3)C1)c1cc(B3OC(C)(C)C(C)(C)O3)ccc12. The number of amides is 2. The highest BCUT2D eigenvalue weighted by atomic mass is 16.7. The molecule has 234 valence electrons. The van der Waals surface area contributed by atoms with E-state index < -0.39 is 23.7 Å². The highest BCUT2D eigenvalue weighted by Crippen LogP contribution is 2.51. The molecule has 5 aliphatic heterocycles. The van der Waals surface area contributed by atoms with Crippen molar-refractivity contribution in [1.82, 2.24) is 9.80 Å². The Labute approximate surface area is 257 Å². The summed E-state index contributed by atoms with van der Waals surface area (Å²) in [5.74, 6) is 0.555. The molecule has 2 atom stereocenters. The summed E-state index contributed by atoms with van der Waals surface area (Å²) >= 11 is 0. The third kappa shape index (κ3) is 4.71. The summed E-state index contributed by atoms with van der Waals surface area (Å²) in [5, 5.41) is 0. The van der Waals surface area contributed by atoms with Crippen LogP contribution in [0.3, 0.4) is 0 Å². The minimum absolute atomic E-state index is 0.0915. The number of likely N-dealkylation sites (tertiary alicyclic amines) is 2. The summed E-state index contributed by atoms with van der Waals surface area (Å²) in [6.07, 6.45) is 5.14. The quantitative estimate of drug-likeness (QED) is 0.496. The van der Waals surface area contributed by atoms with Gasteiger partial charge in [-0.2, -0.15) is 0 Å². The van der Waals surface area contributed by atoms with Crippen molar-refractivity contribution in [2.24, 2.45) is 11.3 Å². The zero-order chi connectivity index (χ0) is 30.5. The van der Waals surface area contributed by atoms with Gasteiger partial charge in [-0.3, -0.25) is 14.5 Å². The molecule has 4 saturated heterocycles. The summed E-state index contributed by atoms with van der Waals surface area (Å²) < 4.78 is 18.7. The van der Waals surface area contributed by atoms with Crippen molar-refractivity contribution in [3.63, 3.8) is 0 Å². The van der Waals surface area contributed by atoms with Gasteiger partial charge in [0.05, 0.1) is 16.6 Å². The Morgan fingerprint density at radius 3 is 2.19 bits per heavy atom. The van der Waals surface area contributed by atoms with Crippen LogP contribution < -0.4 is 10.4 Å². The fourth-order valence-electron chi connectivity index (χ4n) is 8.41. The number of hydrogen-bond donors (Lipinski definition) is 0. The van der Waals surface area contributed by atoms with Crippen LogP contribution in [0.4, 0.5) is 5.69 Å². The number of hydrogen-bond acceptors (Lipinski definition) is 6. The lowest BCUT2D eigenvalue weighted by Crippen LogP contribution is -2.58. The highest BCUT2D eigenvalue weighted by molar-refractivity contribution is 6.62. The largest absolute Gasteiger partial charge is 0.494 e. The fourth-order valence-corrected chi connectivity index (χ4v) is 8.41. The molecule has 2 amide bonds. The summed E-state index contributed by atoms with van der Waals surface area (Å²) in [6.45, 7) is 19.2. The summed E-state index contributed by atoms with van der Waals surface area (Å²) in [7, 11) is -0.474. The first-order chi connectivity index (χ1) is 20.2. The van der Waals surface area contributed by atoms with Gasteiger partial charge in [0.25, 0.3) is 5.91 Å². The maximum Gasteiger partial charge on any atom is 0.494 e. The van der Waals surface area contributed by atoms with Crippen LogP contribution in [-0.2, 0) is 29.0 Å². The van der Waals surface area contributed by atoms with E-state index in [1.807, 2.05) is 4.90 Å². The van der Waals surface area contributed by atoms with Crippen molar-refractivity contribution < 1.29 is 23.6 Å². The lowest BCUT2D eigenvalue weighted by molar-refractivity contribution is -0.145. The predicted molar refractivity (Wildman–Crippen MR) is 167 cm³/mol. The van der Waals surface area contributed by atoms with Crippen LogP contribution in [0.1, 0.15) is 92.6 Å². The minimum atomic E-state index is -0.594. The van der Waals surface area contributed by atoms with E-state index in [1.54, 1.807) is 0 Å². The molecule has 9 heteroatoms. The first-order valence-electron chi connectivity index (χ1n) is 16.7. The van der Waals surface area contributed by atoms with Gasteiger partial charge in [0, 0.05) is 44.0 Å². The standard InChI is InChI=1S/C34H50BN3O5/c1-22-10-17-41-28(22)29(39)36-15-12-34(13-16-36)26-9-8-23(35-42-32(4,5)33(6,7)43-35)18-27(26)38(30(34)40)25-19-24(20-25)37-14-11-31(2,3)21-37/h8-9,18,22,24-25,28H,10-17,19-21H2,1-7H3/t22-,24?,25?,28+/m1/s1. The van der Waals surface area contributed by atoms with Crippen molar-refractivity contribution in [2.45, 2.75) is 122 Å². The van der Waals surface area contributed by atoms with Gasteiger partial charge < -0.3 is 23.8 Å². The number of benzene rings is 1. The number of ether oxygens (including phenoxy) is 1. The van der Waals surface area contributed by atoms with Crippen LogP contribution in [0.5, 0.6) is 0 Å². The smallest absolute Gasteiger partial charge is 0.399 e. The topological polar surface area (TPSA) is 71.6 Å². The Balaban J connectivity index is 1.16. The van der Waals surface area contributed by atoms with Crippen molar-refractivity contribution >= 4 is 30.1 Å². The average Bonchev–Trinajstić information content (AvgIpc) is 3.63. The molecule has 6 aliphatic rings. The van der Waals surface area contributed by atoms with Crippen LogP contribution in [0.15, 0.2) is 18.2 Å². The van der Waals surface area contributed by atoms with E-state index in [9.17, 15) is 9.59 Å². The molecule has 0 aromatic heterocycles. The van der Waals surface area contributed by atoms with Crippen LogP contribution in [0.25, 0.3) is 0 Å². The van der Waals surface area contributed by atoms with Gasteiger partial charge in [-0.25, -0.2) is 0 Å². The molecule has 43 heavy (non-hydrogen) atoms. The number of rotatable bonds is 4. The van der Waals surface area contributed by atoms with E-state index in [1.165, 1.54) is 6.42 Å². The molecule has 1 spiro atoms. The number of carbonyl (C=O) groups is 2. The highest BCUT2D eigenvalue weighted by Gasteiger charge is 2.57. The molecular weight excluding hydrogens is 541 g/mol. The zero-order valence-electron chi connectivity index (χ0n) is 27.3. The Bertz CT molecular complexity index is 1280. The van der Waals surface area contributed by atoms with Crippen molar-refractivity contribution in [3.05, 3.63) is 23.8 Å². The molecule has 8 nitrogen and oxygen atoms in total. The molecule has 5 heterocycles. The number of fused-ring (bicyclic) bond motifs is 2. The molecule has 0 unspecified atom stereocenters. The number of carbonyl (C=O) groups excluding carboxylic acids is 2. The van der Waals surface area contributed by atoms with Gasteiger partial charge >= 0.3 is 7.12 Å². The van der Waals surface area contributed by atoms with Gasteiger partial charge in [0.2, 0.25) is 5.91 Å². The van der Waals surface area contributed by atoms with Crippen molar-refractivity contribution in [3.8, 4) is 0 Å². The molecule has 1 aromatic carbocycles. The maximum atomic E-state index is 14.6. The molecule has 0 bridgehead atoms. The fraction of sp³-hybridized carbons (Fsp3) is 0.765. The van der Waals surface area contributed by atoms with Gasteiger partial charge in [-0.1, -0.05) is 32.9 Å². The maximum absolute atomic E-state index is 14.6. The predicted octanol–water partition coefficient (Wildman–Crippen LogP) is 3.88. The van der Waals surface area contributed by atoms with Gasteiger partial charge in [-0.05, 0) is 101 Å². The lowest BCUT2D eigenvalue weighted by Gasteiger charge is -2.46. The molecule has 1 aromatic rings. The monoisotopic (exact) mass is 591 g/mol. The van der Waals surface area contributed by atoms with E-state index in [2.05, 4.69) is 76.5 Å². The van der Waals surface area contributed by atoms with Gasteiger partial charge in [-0.15, -0.1) is 0 Å². The van der Waals surface area contributed by atoms with Crippen molar-refractivity contribution in [2.75, 3.05) is 37.7 Å². The molecular formula is C34H50BN3O5. The first kappa shape index (κ1) is 29.8. The molecule has 5 fully saturated rings. The first-order valence-corrected chi connectivity index (χ1v) is 16.7. The second kappa shape index (κ2) is 10.0. The summed E-state index contributed by atoms with van der Waals surface area (Å²) in [6, 6.07) is 7.16. The summed E-state index contributed by atoms with van der Waals surface area (Å²) in [4.78, 5) is 34.7.